The molecule has 0 aliphatic carbocycles. The summed E-state index contributed by atoms with van der Waals surface area (Å²) in [6, 6.07) is 0. The number of hydrogen-bond donors (Lipinski definition) is 0. The molecule has 0 radical (unpaired) electrons. The van der Waals surface area contributed by atoms with Crippen LogP contribution in [0.25, 0.3) is 0 Å². The second-order valence-electron chi connectivity index (χ2n) is 0. The van der Waals surface area contributed by atoms with E-state index < -0.39 is 0 Å². The van der Waals surface area contributed by atoms with Crippen LogP contribution in [-0.4, -0.2) is 5.48 Å². The third kappa shape index (κ3) is 8.99. The summed E-state index contributed by atoms with van der Waals surface area (Å²) >= 11 is 3.71. The van der Waals surface area contributed by atoms with E-state index in [0.717, 1.165) is 0 Å². The summed E-state index contributed by atoms with van der Waals surface area (Å²) in [5.74, 6) is 0. The van der Waals surface area contributed by atoms with Gasteiger partial charge in [-0.2, -0.15) is 0 Å². The van der Waals surface area contributed by atoms with Crippen molar-refractivity contribution in [2.24, 2.45) is 0 Å². The maximum absolute atomic E-state index is 2.01. The maximum atomic E-state index is 2.01. The zero-order chi connectivity index (χ0) is 2.00. The van der Waals surface area contributed by atoms with Gasteiger partial charge in [0.05, 0.1) is 0 Å². The van der Waals surface area contributed by atoms with Gasteiger partial charge in [-0.15, -0.1) is 0 Å². The van der Waals surface area contributed by atoms with Crippen molar-refractivity contribution in [2.45, 2.75) is 0 Å². The van der Waals surface area contributed by atoms with Crippen molar-refractivity contribution < 1.29 is 58.6 Å². The molecule has 0 heterocycles. The van der Waals surface area contributed by atoms with Gasteiger partial charge < -0.3 is 5.48 Å². The average molecular weight is 218 g/mol. The second kappa shape index (κ2) is 19.9. The molecule has 0 aliphatic rings. The monoisotopic (exact) mass is 219 g/mol. The summed E-state index contributed by atoms with van der Waals surface area (Å²) in [6.07, 6.45) is 0. The molecule has 0 fully saturated rings. The van der Waals surface area contributed by atoms with E-state index >= 15 is 0 Å². The van der Waals surface area contributed by atoms with Crippen molar-refractivity contribution in [3.8, 4) is 0 Å². The first-order valence-corrected chi connectivity index (χ1v) is 5.75. The first-order chi connectivity index (χ1) is 1.00. The average Bonchev–Trinajstić information content (AvgIpc) is 1.00. The van der Waals surface area contributed by atoms with Crippen molar-refractivity contribution in [3.05, 3.63) is 0 Å². The van der Waals surface area contributed by atoms with Crippen LogP contribution in [0.15, 0.2) is 0 Å². The van der Waals surface area contributed by atoms with E-state index in [-0.39, 0.29) is 22.0 Å². The molecule has 4 heteroatoms. The Labute approximate surface area is 58.0 Å². The summed E-state index contributed by atoms with van der Waals surface area (Å²) < 4.78 is 0. The van der Waals surface area contributed by atoms with Crippen LogP contribution in [0.5, 0.6) is 0 Å². The van der Waals surface area contributed by atoms with Crippen LogP contribution >= 0.6 is 0 Å². The molecule has 0 aromatic rings. The minimum atomic E-state index is 0. The third-order valence-electron chi connectivity index (χ3n) is 0. The topological polar surface area (TPSA) is 31.5 Å². The SMILES string of the molecule is O.[Ni].[Sc][Mo]. The summed E-state index contributed by atoms with van der Waals surface area (Å²) in [4.78, 5) is 0. The zero-order valence-electron chi connectivity index (χ0n) is 1.80. The molecule has 0 amide bonds. The molecule has 0 saturated heterocycles. The number of hydrogen-bond acceptors (Lipinski definition) is 0. The van der Waals surface area contributed by atoms with Gasteiger partial charge in [-0.05, 0) is 0 Å². The van der Waals surface area contributed by atoms with Gasteiger partial charge in [0.15, 0.2) is 0 Å². The van der Waals surface area contributed by atoms with E-state index in [9.17, 15) is 0 Å². The van der Waals surface area contributed by atoms with Crippen LogP contribution < -0.4 is 0 Å². The third-order valence-corrected chi connectivity index (χ3v) is 0. The van der Waals surface area contributed by atoms with Crippen LogP contribution in [0.1, 0.15) is 0 Å². The quantitative estimate of drug-likeness (QED) is 0.475. The Morgan fingerprint density at radius 1 is 1.25 bits per heavy atom. The molecule has 2 N–H and O–H groups in total. The molecule has 1 nitrogen and oxygen atoms in total. The van der Waals surface area contributed by atoms with Crippen molar-refractivity contribution in [3.63, 3.8) is 0 Å². The molecule has 0 aliphatic heterocycles. The Bertz CT molecular complexity index is 8.00. The molecule has 0 atom stereocenters. The van der Waals surface area contributed by atoms with Crippen molar-refractivity contribution >= 4 is 0 Å². The molecule has 0 saturated carbocycles. The Balaban J connectivity index is -0.00000000500. The van der Waals surface area contributed by atoms with Gasteiger partial charge in [0.25, 0.3) is 0 Å². The van der Waals surface area contributed by atoms with E-state index in [1.165, 1.54) is 0 Å². The fourth-order valence-corrected chi connectivity index (χ4v) is 0. The molecule has 0 spiro atoms. The summed E-state index contributed by atoms with van der Waals surface area (Å²) in [7, 11) is 0. The van der Waals surface area contributed by atoms with Gasteiger partial charge in [-0.25, -0.2) is 0 Å². The summed E-state index contributed by atoms with van der Waals surface area (Å²) in [5, 5.41) is 0. The predicted molar refractivity (Wildman–Crippen MR) is 3.61 cm³/mol. The molecular weight excluding hydrogens is 216 g/mol. The standard InChI is InChI=1S/Mo.Ni.H2O.Sc/h;;1H2;. The van der Waals surface area contributed by atoms with Crippen molar-refractivity contribution in [2.75, 3.05) is 0 Å². The van der Waals surface area contributed by atoms with Gasteiger partial charge in [0.1, 0.15) is 0 Å². The Morgan fingerprint density at radius 2 is 1.25 bits per heavy atom. The van der Waals surface area contributed by atoms with Gasteiger partial charge in [0, 0.05) is 16.5 Å². The Kier molecular flexibility index (Phi) is 82.9. The first kappa shape index (κ1) is 16.6. The van der Waals surface area contributed by atoms with Crippen molar-refractivity contribution in [1.82, 2.24) is 0 Å². The molecule has 4 heavy (non-hydrogen) atoms. The number of rotatable bonds is 0. The van der Waals surface area contributed by atoms with Gasteiger partial charge in [-0.3, -0.25) is 0 Å². The normalized spacial score (nSPS) is 0.750. The van der Waals surface area contributed by atoms with Crippen LogP contribution in [0.4, 0.5) is 0 Å². The van der Waals surface area contributed by atoms with E-state index in [2.05, 4.69) is 0 Å². The van der Waals surface area contributed by atoms with Gasteiger partial charge >= 0.3 is 36.7 Å². The molecule has 0 bridgehead atoms. The van der Waals surface area contributed by atoms with Crippen molar-refractivity contribution in [1.29, 1.82) is 0 Å². The van der Waals surface area contributed by atoms with E-state index in [0.29, 0.717) is 0 Å². The second-order valence-corrected chi connectivity index (χ2v) is 0. The Hall–Kier alpha value is 2.01. The van der Waals surface area contributed by atoms with E-state index in [1.54, 1.807) is 21.0 Å². The van der Waals surface area contributed by atoms with Crippen LogP contribution in [-0.2, 0) is 53.2 Å². The fourth-order valence-electron chi connectivity index (χ4n) is 0. The first-order valence-electron chi connectivity index (χ1n) is 0.236. The molecule has 27 valence electrons. The fraction of sp³-hybridized carbons (Fsp3) is 0. The van der Waals surface area contributed by atoms with Gasteiger partial charge in [-0.1, -0.05) is 0 Å². The summed E-state index contributed by atoms with van der Waals surface area (Å²) in [6.45, 7) is 0. The van der Waals surface area contributed by atoms with E-state index in [1.807, 2.05) is 15.7 Å². The molecule has 0 aromatic heterocycles. The molecule has 0 aromatic carbocycles. The van der Waals surface area contributed by atoms with E-state index in [4.69, 9.17) is 0 Å². The minimum absolute atomic E-state index is 0. The zero-order valence-corrected chi connectivity index (χ0v) is 6.60. The molecular formula is H2MoNiOSc. The molecule has 0 unspecified atom stereocenters. The van der Waals surface area contributed by atoms with Crippen LogP contribution in [0, 0.1) is 0 Å². The van der Waals surface area contributed by atoms with Crippen LogP contribution in [0.2, 0.25) is 0 Å². The Morgan fingerprint density at radius 3 is 1.25 bits per heavy atom. The predicted octanol–water partition coefficient (Wildman–Crippen LogP) is -0.832. The van der Waals surface area contributed by atoms with Gasteiger partial charge in [0.2, 0.25) is 0 Å². The summed E-state index contributed by atoms with van der Waals surface area (Å²) in [5.41, 5.74) is 0. The molecule has 0 rings (SSSR count). The van der Waals surface area contributed by atoms with Crippen LogP contribution in [0.3, 0.4) is 0 Å².